The molecule has 3 rings (SSSR count). The van der Waals surface area contributed by atoms with Gasteiger partial charge in [-0.2, -0.15) is 5.10 Å². The van der Waals surface area contributed by atoms with Crippen LogP contribution in [0.15, 0.2) is 30.5 Å². The van der Waals surface area contributed by atoms with E-state index >= 15 is 0 Å². The summed E-state index contributed by atoms with van der Waals surface area (Å²) in [7, 11) is 0. The lowest BCUT2D eigenvalue weighted by atomic mass is 10.1. The van der Waals surface area contributed by atoms with Gasteiger partial charge in [0.05, 0.1) is 16.1 Å². The lowest BCUT2D eigenvalue weighted by Gasteiger charge is -2.19. The van der Waals surface area contributed by atoms with Crippen LogP contribution in [0.1, 0.15) is 37.6 Å². The van der Waals surface area contributed by atoms with Crippen LogP contribution in [0.3, 0.4) is 0 Å². The maximum atomic E-state index is 13.1. The smallest absolute Gasteiger partial charge is 0.257 e. The van der Waals surface area contributed by atoms with Crippen LogP contribution >= 0.6 is 24.0 Å². The van der Waals surface area contributed by atoms with Crippen molar-refractivity contribution in [2.45, 2.75) is 32.7 Å². The summed E-state index contributed by atoms with van der Waals surface area (Å²) in [5.74, 6) is 0.381. The molecule has 1 amide bonds. The second-order valence-electron chi connectivity index (χ2n) is 7.63. The predicted molar refractivity (Wildman–Crippen MR) is 108 cm³/mol. The molecule has 0 aliphatic carbocycles. The van der Waals surface area contributed by atoms with Crippen molar-refractivity contribution in [3.8, 4) is 11.3 Å². The Morgan fingerprint density at radius 1 is 1.35 bits per heavy atom. The molecular weight excluding hydrogens is 371 g/mol. The maximum Gasteiger partial charge on any atom is 0.257 e. The van der Waals surface area contributed by atoms with Gasteiger partial charge in [-0.05, 0) is 45.7 Å². The van der Waals surface area contributed by atoms with E-state index in [1.807, 2.05) is 40.0 Å². The number of carbonyl (C=O) groups excluding carboxylic acids is 1. The van der Waals surface area contributed by atoms with E-state index in [-0.39, 0.29) is 23.9 Å². The number of halogens is 2. The van der Waals surface area contributed by atoms with Gasteiger partial charge in [0, 0.05) is 24.8 Å². The summed E-state index contributed by atoms with van der Waals surface area (Å²) in [6.07, 6.45) is 2.80. The molecule has 1 fully saturated rings. The molecule has 1 aromatic carbocycles. The van der Waals surface area contributed by atoms with Gasteiger partial charge in [-0.3, -0.25) is 9.48 Å². The Morgan fingerprint density at radius 2 is 2.04 bits per heavy atom. The second kappa shape index (κ2) is 7.99. The molecule has 2 heterocycles. The van der Waals surface area contributed by atoms with E-state index < -0.39 is 0 Å². The maximum absolute atomic E-state index is 13.1. The minimum atomic E-state index is -0.223. The molecular formula is C19H26Cl2N4O. The average molecular weight is 397 g/mol. The number of amides is 1. The largest absolute Gasteiger partial charge is 0.338 e. The Kier molecular flexibility index (Phi) is 6.37. The van der Waals surface area contributed by atoms with E-state index in [1.54, 1.807) is 0 Å². The summed E-state index contributed by atoms with van der Waals surface area (Å²) in [5.41, 5.74) is 7.56. The lowest BCUT2D eigenvalue weighted by molar-refractivity contribution is 0.0788. The third-order valence-electron chi connectivity index (χ3n) is 4.67. The number of carbonyl (C=O) groups is 1. The van der Waals surface area contributed by atoms with Crippen LogP contribution in [0.2, 0.25) is 5.02 Å². The number of nitrogens with two attached hydrogens (primary N) is 1. The fraction of sp³-hybridized carbons (Fsp3) is 0.474. The third kappa shape index (κ3) is 4.05. The Labute approximate surface area is 165 Å². The van der Waals surface area contributed by atoms with Crippen molar-refractivity contribution in [3.63, 3.8) is 0 Å². The van der Waals surface area contributed by atoms with Crippen LogP contribution < -0.4 is 5.73 Å². The van der Waals surface area contributed by atoms with Crippen LogP contribution in [0, 0.1) is 5.92 Å². The first-order valence-electron chi connectivity index (χ1n) is 8.65. The molecule has 2 N–H and O–H groups in total. The highest BCUT2D eigenvalue weighted by Gasteiger charge is 2.30. The molecule has 1 aliphatic heterocycles. The number of rotatable bonds is 3. The number of aromatic nitrogens is 2. The zero-order valence-electron chi connectivity index (χ0n) is 15.4. The molecule has 142 valence electrons. The standard InChI is InChI=1S/C19H25ClN4O.ClH/c1-19(2,3)24-12-15(18(25)23-9-8-13(10-21)11-23)17(22-24)14-6-4-5-7-16(14)20;/h4-7,12-13H,8-11,21H2,1-3H3;1H. The minimum absolute atomic E-state index is 0. The van der Waals surface area contributed by atoms with Crippen molar-refractivity contribution >= 4 is 29.9 Å². The van der Waals surface area contributed by atoms with Crippen molar-refractivity contribution in [2.24, 2.45) is 11.7 Å². The molecule has 1 saturated heterocycles. The van der Waals surface area contributed by atoms with Crippen molar-refractivity contribution in [1.29, 1.82) is 0 Å². The first-order valence-corrected chi connectivity index (χ1v) is 9.03. The fourth-order valence-electron chi connectivity index (χ4n) is 3.11. The van der Waals surface area contributed by atoms with Crippen LogP contribution in [-0.2, 0) is 5.54 Å². The zero-order chi connectivity index (χ0) is 18.2. The lowest BCUT2D eigenvalue weighted by Crippen LogP contribution is -2.30. The topological polar surface area (TPSA) is 64.2 Å². The predicted octanol–water partition coefficient (Wildman–Crippen LogP) is 3.80. The van der Waals surface area contributed by atoms with Gasteiger partial charge in [-0.15, -0.1) is 12.4 Å². The Morgan fingerprint density at radius 3 is 2.62 bits per heavy atom. The Bertz CT molecular complexity index is 782. The van der Waals surface area contributed by atoms with E-state index in [0.717, 1.165) is 18.5 Å². The first-order chi connectivity index (χ1) is 11.8. The highest BCUT2D eigenvalue weighted by molar-refractivity contribution is 6.33. The summed E-state index contributed by atoms with van der Waals surface area (Å²) in [6, 6.07) is 7.51. The van der Waals surface area contributed by atoms with Gasteiger partial charge in [0.25, 0.3) is 5.91 Å². The van der Waals surface area contributed by atoms with Crippen molar-refractivity contribution in [2.75, 3.05) is 19.6 Å². The third-order valence-corrected chi connectivity index (χ3v) is 5.00. The van der Waals surface area contributed by atoms with Gasteiger partial charge in [0.1, 0.15) is 5.69 Å². The van der Waals surface area contributed by atoms with E-state index in [2.05, 4.69) is 20.8 Å². The monoisotopic (exact) mass is 396 g/mol. The van der Waals surface area contributed by atoms with E-state index in [9.17, 15) is 4.79 Å². The minimum Gasteiger partial charge on any atom is -0.338 e. The molecule has 1 aliphatic rings. The van der Waals surface area contributed by atoms with Gasteiger partial charge in [-0.25, -0.2) is 0 Å². The van der Waals surface area contributed by atoms with E-state index in [0.29, 0.717) is 35.3 Å². The van der Waals surface area contributed by atoms with E-state index in [4.69, 9.17) is 22.4 Å². The zero-order valence-corrected chi connectivity index (χ0v) is 17.0. The molecule has 26 heavy (non-hydrogen) atoms. The first kappa shape index (κ1) is 20.7. The highest BCUT2D eigenvalue weighted by Crippen LogP contribution is 2.32. The van der Waals surface area contributed by atoms with Crippen LogP contribution in [0.4, 0.5) is 0 Å². The second-order valence-corrected chi connectivity index (χ2v) is 8.04. The molecule has 2 aromatic rings. The van der Waals surface area contributed by atoms with Gasteiger partial charge >= 0.3 is 0 Å². The molecule has 1 atom stereocenters. The quantitative estimate of drug-likeness (QED) is 0.857. The number of hydrogen-bond acceptors (Lipinski definition) is 3. The molecule has 0 radical (unpaired) electrons. The van der Waals surface area contributed by atoms with Crippen molar-refractivity contribution in [3.05, 3.63) is 41.0 Å². The molecule has 1 aromatic heterocycles. The van der Waals surface area contributed by atoms with Crippen LogP contribution in [-0.4, -0.2) is 40.2 Å². The fourth-order valence-corrected chi connectivity index (χ4v) is 3.33. The van der Waals surface area contributed by atoms with Crippen LogP contribution in [0.25, 0.3) is 11.3 Å². The molecule has 7 heteroatoms. The van der Waals surface area contributed by atoms with Gasteiger partial charge in [-0.1, -0.05) is 29.8 Å². The number of likely N-dealkylation sites (tertiary alicyclic amines) is 1. The van der Waals surface area contributed by atoms with Crippen LogP contribution in [0.5, 0.6) is 0 Å². The highest BCUT2D eigenvalue weighted by atomic mass is 35.5. The average Bonchev–Trinajstić information content (AvgIpc) is 3.21. The Hall–Kier alpha value is -1.56. The van der Waals surface area contributed by atoms with E-state index in [1.165, 1.54) is 0 Å². The number of nitrogens with zero attached hydrogens (tertiary/aromatic N) is 3. The SMILES string of the molecule is CC(C)(C)n1cc(C(=O)N2CCC(CN)C2)c(-c2ccccc2Cl)n1.Cl. The summed E-state index contributed by atoms with van der Waals surface area (Å²) in [6.45, 7) is 8.24. The molecule has 1 unspecified atom stereocenters. The summed E-state index contributed by atoms with van der Waals surface area (Å²) in [5, 5.41) is 5.30. The number of benzene rings is 1. The molecule has 5 nitrogen and oxygen atoms in total. The molecule has 0 saturated carbocycles. The summed E-state index contributed by atoms with van der Waals surface area (Å²) >= 11 is 6.37. The van der Waals surface area contributed by atoms with Crippen molar-refractivity contribution in [1.82, 2.24) is 14.7 Å². The molecule has 0 spiro atoms. The van der Waals surface area contributed by atoms with Gasteiger partial charge in [0.15, 0.2) is 0 Å². The summed E-state index contributed by atoms with van der Waals surface area (Å²) in [4.78, 5) is 15.0. The normalized spacial score (nSPS) is 17.3. The van der Waals surface area contributed by atoms with Gasteiger partial charge in [0.2, 0.25) is 0 Å². The van der Waals surface area contributed by atoms with Crippen molar-refractivity contribution < 1.29 is 4.79 Å². The Balaban J connectivity index is 0.00000243. The number of hydrogen-bond donors (Lipinski definition) is 1. The van der Waals surface area contributed by atoms with Gasteiger partial charge < -0.3 is 10.6 Å². The molecule has 0 bridgehead atoms. The summed E-state index contributed by atoms with van der Waals surface area (Å²) < 4.78 is 1.84.